The predicted molar refractivity (Wildman–Crippen MR) is 66.1 cm³/mol. The molecule has 2 unspecified atom stereocenters. The monoisotopic (exact) mass is 238 g/mol. The van der Waals surface area contributed by atoms with Gasteiger partial charge in [-0.25, -0.2) is 4.98 Å². The molecular weight excluding hydrogens is 220 g/mol. The summed E-state index contributed by atoms with van der Waals surface area (Å²) in [6, 6.07) is 0. The van der Waals surface area contributed by atoms with E-state index in [0.29, 0.717) is 12.2 Å². The van der Waals surface area contributed by atoms with Gasteiger partial charge in [-0.05, 0) is 32.6 Å². The first-order valence-electron chi connectivity index (χ1n) is 6.05. The van der Waals surface area contributed by atoms with E-state index in [1.807, 2.05) is 6.20 Å². The summed E-state index contributed by atoms with van der Waals surface area (Å²) in [6.45, 7) is 6.30. The maximum absolute atomic E-state index is 6.00. The van der Waals surface area contributed by atoms with Gasteiger partial charge >= 0.3 is 0 Å². The van der Waals surface area contributed by atoms with Crippen molar-refractivity contribution in [2.24, 2.45) is 5.92 Å². The number of hydrogen-bond donors (Lipinski definition) is 0. The Balaban J connectivity index is 1.74. The number of hydrogen-bond acceptors (Lipinski definition) is 4. The topological polar surface area (TPSA) is 25.4 Å². The van der Waals surface area contributed by atoms with E-state index >= 15 is 0 Å². The second-order valence-electron chi connectivity index (χ2n) is 4.98. The molecule has 1 aliphatic heterocycles. The average Bonchev–Trinajstić information content (AvgIpc) is 3.01. The van der Waals surface area contributed by atoms with E-state index in [0.717, 1.165) is 19.0 Å². The number of nitrogens with zero attached hydrogens (tertiary/aromatic N) is 2. The molecule has 0 bridgehead atoms. The highest BCUT2D eigenvalue weighted by Gasteiger charge is 2.37. The fourth-order valence-electron chi connectivity index (χ4n) is 2.36. The highest BCUT2D eigenvalue weighted by atomic mass is 32.1. The Morgan fingerprint density at radius 3 is 2.88 bits per heavy atom. The lowest BCUT2D eigenvalue weighted by atomic mass is 10.1. The molecule has 0 N–H and O–H groups in total. The van der Waals surface area contributed by atoms with Gasteiger partial charge in [-0.3, -0.25) is 0 Å². The van der Waals surface area contributed by atoms with Crippen molar-refractivity contribution in [3.05, 3.63) is 11.1 Å². The lowest BCUT2D eigenvalue weighted by Gasteiger charge is -2.36. The Morgan fingerprint density at radius 1 is 1.44 bits per heavy atom. The quantitative estimate of drug-likeness (QED) is 0.791. The van der Waals surface area contributed by atoms with Crippen molar-refractivity contribution in [2.75, 3.05) is 18.0 Å². The molecule has 0 amide bonds. The van der Waals surface area contributed by atoms with Crippen LogP contribution in [0.2, 0.25) is 0 Å². The molecule has 0 aromatic carbocycles. The van der Waals surface area contributed by atoms with Crippen LogP contribution in [0.25, 0.3) is 0 Å². The Bertz CT molecular complexity index is 375. The highest BCUT2D eigenvalue weighted by Crippen LogP contribution is 2.37. The van der Waals surface area contributed by atoms with Gasteiger partial charge in [-0.15, -0.1) is 11.3 Å². The Morgan fingerprint density at radius 2 is 2.25 bits per heavy atom. The first kappa shape index (κ1) is 10.5. The molecule has 1 aromatic heterocycles. The smallest absolute Gasteiger partial charge is 0.185 e. The molecular formula is C12H18N2OS. The lowest BCUT2D eigenvalue weighted by molar-refractivity contribution is -0.0271. The van der Waals surface area contributed by atoms with Crippen LogP contribution in [0.1, 0.15) is 24.6 Å². The van der Waals surface area contributed by atoms with Crippen LogP contribution in [0, 0.1) is 12.8 Å². The fourth-order valence-corrected chi connectivity index (χ4v) is 3.14. The van der Waals surface area contributed by atoms with Crippen LogP contribution in [-0.2, 0) is 4.74 Å². The average molecular weight is 238 g/mol. The summed E-state index contributed by atoms with van der Waals surface area (Å²) in [7, 11) is 0. The normalized spacial score (nSPS) is 30.8. The lowest BCUT2D eigenvalue weighted by Crippen LogP contribution is -2.47. The number of ether oxygens (including phenoxy) is 1. The minimum Gasteiger partial charge on any atom is -0.371 e. The molecule has 1 saturated carbocycles. The van der Waals surface area contributed by atoms with Crippen LogP contribution < -0.4 is 4.90 Å². The van der Waals surface area contributed by atoms with Gasteiger partial charge < -0.3 is 9.64 Å². The van der Waals surface area contributed by atoms with Crippen LogP contribution in [0.5, 0.6) is 0 Å². The van der Waals surface area contributed by atoms with Crippen molar-refractivity contribution in [1.29, 1.82) is 0 Å². The van der Waals surface area contributed by atoms with E-state index in [4.69, 9.17) is 4.74 Å². The van der Waals surface area contributed by atoms with Gasteiger partial charge in [0.05, 0.1) is 12.2 Å². The predicted octanol–water partition coefficient (Wildman–Crippen LogP) is 2.46. The summed E-state index contributed by atoms with van der Waals surface area (Å²) in [5.74, 6) is 0.811. The minimum atomic E-state index is 0.337. The van der Waals surface area contributed by atoms with Crippen LogP contribution in [-0.4, -0.2) is 30.3 Å². The highest BCUT2D eigenvalue weighted by molar-refractivity contribution is 7.15. The van der Waals surface area contributed by atoms with E-state index in [1.165, 1.54) is 22.9 Å². The third-order valence-corrected chi connectivity index (χ3v) is 4.29. The van der Waals surface area contributed by atoms with Crippen LogP contribution in [0.3, 0.4) is 0 Å². The molecule has 2 atom stereocenters. The van der Waals surface area contributed by atoms with Crippen LogP contribution in [0.15, 0.2) is 6.20 Å². The second kappa shape index (κ2) is 4.00. The van der Waals surface area contributed by atoms with Crippen LogP contribution >= 0.6 is 11.3 Å². The number of thiazole rings is 1. The summed E-state index contributed by atoms with van der Waals surface area (Å²) < 4.78 is 6.00. The maximum Gasteiger partial charge on any atom is 0.185 e. The summed E-state index contributed by atoms with van der Waals surface area (Å²) in [5, 5.41) is 1.17. The molecule has 2 heterocycles. The first-order chi connectivity index (χ1) is 7.72. The number of anilines is 1. The van der Waals surface area contributed by atoms with Crippen molar-refractivity contribution in [2.45, 2.75) is 38.9 Å². The SMILES string of the molecule is Cc1cnc(N2CC(C)OC(C3CC3)C2)s1. The molecule has 2 aliphatic rings. The zero-order chi connectivity index (χ0) is 11.1. The molecule has 16 heavy (non-hydrogen) atoms. The third kappa shape index (κ3) is 2.09. The molecule has 0 spiro atoms. The van der Waals surface area contributed by atoms with Gasteiger partial charge in [0, 0.05) is 24.2 Å². The third-order valence-electron chi connectivity index (χ3n) is 3.31. The van der Waals surface area contributed by atoms with Crippen molar-refractivity contribution < 1.29 is 4.74 Å². The maximum atomic E-state index is 6.00. The van der Waals surface area contributed by atoms with Gasteiger partial charge in [0.25, 0.3) is 0 Å². The van der Waals surface area contributed by atoms with E-state index in [1.54, 1.807) is 11.3 Å². The summed E-state index contributed by atoms with van der Waals surface area (Å²) in [6.07, 6.45) is 5.44. The summed E-state index contributed by atoms with van der Waals surface area (Å²) in [4.78, 5) is 8.16. The zero-order valence-corrected chi connectivity index (χ0v) is 10.7. The van der Waals surface area contributed by atoms with E-state index in [2.05, 4.69) is 23.7 Å². The standard InChI is InChI=1S/C12H18N2OS/c1-8-6-14(12-13-5-9(2)16-12)7-11(15-8)10-3-4-10/h5,8,10-11H,3-4,6-7H2,1-2H3. The zero-order valence-electron chi connectivity index (χ0n) is 9.85. The van der Waals surface area contributed by atoms with Crippen molar-refractivity contribution >= 4 is 16.5 Å². The van der Waals surface area contributed by atoms with Gasteiger partial charge in [0.2, 0.25) is 0 Å². The Kier molecular flexibility index (Phi) is 2.64. The molecule has 2 fully saturated rings. The molecule has 1 aromatic rings. The summed E-state index contributed by atoms with van der Waals surface area (Å²) >= 11 is 1.79. The number of rotatable bonds is 2. The van der Waals surface area contributed by atoms with Gasteiger partial charge in [0.15, 0.2) is 5.13 Å². The molecule has 1 aliphatic carbocycles. The Labute approximate surface area is 100 Å². The number of aryl methyl sites for hydroxylation is 1. The van der Waals surface area contributed by atoms with Gasteiger partial charge in [-0.2, -0.15) is 0 Å². The molecule has 3 rings (SSSR count). The van der Waals surface area contributed by atoms with E-state index in [-0.39, 0.29) is 0 Å². The molecule has 88 valence electrons. The molecule has 0 radical (unpaired) electrons. The number of morpholine rings is 1. The van der Waals surface area contributed by atoms with Crippen molar-refractivity contribution in [3.8, 4) is 0 Å². The molecule has 4 heteroatoms. The van der Waals surface area contributed by atoms with Gasteiger partial charge in [0.1, 0.15) is 0 Å². The first-order valence-corrected chi connectivity index (χ1v) is 6.87. The van der Waals surface area contributed by atoms with E-state index < -0.39 is 0 Å². The van der Waals surface area contributed by atoms with Crippen molar-refractivity contribution in [1.82, 2.24) is 4.98 Å². The second-order valence-corrected chi connectivity index (χ2v) is 6.19. The molecule has 3 nitrogen and oxygen atoms in total. The van der Waals surface area contributed by atoms with Gasteiger partial charge in [-0.1, -0.05) is 0 Å². The van der Waals surface area contributed by atoms with E-state index in [9.17, 15) is 0 Å². The fraction of sp³-hybridized carbons (Fsp3) is 0.750. The van der Waals surface area contributed by atoms with Crippen molar-refractivity contribution in [3.63, 3.8) is 0 Å². The number of aromatic nitrogens is 1. The minimum absolute atomic E-state index is 0.337. The molecule has 1 saturated heterocycles. The Hall–Kier alpha value is -0.610. The summed E-state index contributed by atoms with van der Waals surface area (Å²) in [5.41, 5.74) is 0. The van der Waals surface area contributed by atoms with Crippen LogP contribution in [0.4, 0.5) is 5.13 Å². The largest absolute Gasteiger partial charge is 0.371 e.